The number of nitrogens with zero attached hydrogens (tertiary/aromatic N) is 1. The summed E-state index contributed by atoms with van der Waals surface area (Å²) in [5.41, 5.74) is 8.61. The lowest BCUT2D eigenvalue weighted by atomic mass is 9.94. The van der Waals surface area contributed by atoms with Crippen molar-refractivity contribution in [2.75, 3.05) is 18.1 Å². The number of aryl methyl sites for hydroxylation is 1. The summed E-state index contributed by atoms with van der Waals surface area (Å²) in [6.07, 6.45) is 0. The van der Waals surface area contributed by atoms with Crippen LogP contribution >= 0.6 is 0 Å². The maximum Gasteiger partial charge on any atom is 0.153 e. The van der Waals surface area contributed by atoms with Crippen molar-refractivity contribution in [3.8, 4) is 0 Å². The van der Waals surface area contributed by atoms with E-state index in [1.165, 1.54) is 11.1 Å². The Morgan fingerprint density at radius 1 is 1.35 bits per heavy atom. The third-order valence-corrected chi connectivity index (χ3v) is 5.88. The number of hydrogen-bond donors (Lipinski definition) is 1. The van der Waals surface area contributed by atoms with Gasteiger partial charge in [0.1, 0.15) is 0 Å². The molecule has 4 nitrogen and oxygen atoms in total. The summed E-state index contributed by atoms with van der Waals surface area (Å²) in [6, 6.07) is 8.24. The highest BCUT2D eigenvalue weighted by Gasteiger charge is 2.35. The van der Waals surface area contributed by atoms with E-state index in [1.54, 1.807) is 0 Å². The fraction of sp³-hybridized carbons (Fsp3) is 0.600. The molecule has 1 aromatic rings. The Bertz CT molecular complexity index is 569. The second kappa shape index (κ2) is 5.84. The third kappa shape index (κ3) is 3.22. The van der Waals surface area contributed by atoms with Gasteiger partial charge in [0.25, 0.3) is 0 Å². The molecule has 0 amide bonds. The van der Waals surface area contributed by atoms with Crippen LogP contribution in [0, 0.1) is 6.92 Å². The van der Waals surface area contributed by atoms with Crippen LogP contribution in [0.3, 0.4) is 0 Å². The van der Waals surface area contributed by atoms with Gasteiger partial charge in [-0.25, -0.2) is 8.42 Å². The first-order valence-corrected chi connectivity index (χ1v) is 8.91. The zero-order valence-electron chi connectivity index (χ0n) is 12.4. The van der Waals surface area contributed by atoms with Crippen molar-refractivity contribution >= 4 is 9.84 Å². The van der Waals surface area contributed by atoms with E-state index in [9.17, 15) is 8.42 Å². The topological polar surface area (TPSA) is 63.4 Å². The first-order chi connectivity index (χ1) is 9.32. The minimum absolute atomic E-state index is 0.00403. The Hall–Kier alpha value is -0.910. The van der Waals surface area contributed by atoms with Crippen LogP contribution in [-0.4, -0.2) is 43.5 Å². The van der Waals surface area contributed by atoms with Gasteiger partial charge in [-0.15, -0.1) is 0 Å². The Morgan fingerprint density at radius 3 is 2.55 bits per heavy atom. The van der Waals surface area contributed by atoms with Gasteiger partial charge >= 0.3 is 0 Å². The molecule has 1 saturated heterocycles. The van der Waals surface area contributed by atoms with Gasteiger partial charge in [0.15, 0.2) is 9.84 Å². The molecule has 1 aromatic carbocycles. The van der Waals surface area contributed by atoms with Crippen LogP contribution in [0.15, 0.2) is 24.3 Å². The fourth-order valence-electron chi connectivity index (χ4n) is 3.11. The number of benzene rings is 1. The van der Waals surface area contributed by atoms with E-state index >= 15 is 0 Å². The van der Waals surface area contributed by atoms with Crippen molar-refractivity contribution < 1.29 is 8.42 Å². The van der Waals surface area contributed by atoms with Crippen LogP contribution in [0.4, 0.5) is 0 Å². The quantitative estimate of drug-likeness (QED) is 0.918. The van der Waals surface area contributed by atoms with E-state index in [-0.39, 0.29) is 29.6 Å². The number of hydrogen-bond acceptors (Lipinski definition) is 4. The van der Waals surface area contributed by atoms with Crippen molar-refractivity contribution in [3.05, 3.63) is 35.4 Å². The molecule has 20 heavy (non-hydrogen) atoms. The molecule has 3 unspecified atom stereocenters. The summed E-state index contributed by atoms with van der Waals surface area (Å²) in [7, 11) is -2.90. The van der Waals surface area contributed by atoms with Gasteiger partial charge in [0, 0.05) is 18.6 Å². The van der Waals surface area contributed by atoms with E-state index in [2.05, 4.69) is 24.0 Å². The smallest absolute Gasteiger partial charge is 0.153 e. The molecule has 0 radical (unpaired) electrons. The summed E-state index contributed by atoms with van der Waals surface area (Å²) >= 11 is 0. The van der Waals surface area contributed by atoms with Crippen LogP contribution in [0.25, 0.3) is 0 Å². The molecule has 1 heterocycles. The Balaban J connectivity index is 2.33. The molecule has 112 valence electrons. The maximum atomic E-state index is 11.7. The first-order valence-electron chi connectivity index (χ1n) is 7.09. The third-order valence-electron chi connectivity index (χ3n) is 4.08. The van der Waals surface area contributed by atoms with E-state index in [4.69, 9.17) is 5.73 Å². The lowest BCUT2D eigenvalue weighted by molar-refractivity contribution is 0.139. The average molecular weight is 296 g/mol. The highest BCUT2D eigenvalue weighted by Crippen LogP contribution is 2.30. The molecule has 2 N–H and O–H groups in total. The van der Waals surface area contributed by atoms with Crippen LogP contribution in [0.1, 0.15) is 31.0 Å². The van der Waals surface area contributed by atoms with E-state index < -0.39 is 9.84 Å². The molecule has 1 aliphatic rings. The highest BCUT2D eigenvalue weighted by atomic mass is 32.2. The lowest BCUT2D eigenvalue weighted by Crippen LogP contribution is -2.52. The monoisotopic (exact) mass is 296 g/mol. The Morgan fingerprint density at radius 2 is 2.00 bits per heavy atom. The van der Waals surface area contributed by atoms with Crippen molar-refractivity contribution in [2.45, 2.75) is 38.9 Å². The predicted octanol–water partition coefficient (Wildman–Crippen LogP) is 1.50. The fourth-order valence-corrected chi connectivity index (χ4v) is 4.69. The van der Waals surface area contributed by atoms with E-state index in [0.717, 1.165) is 0 Å². The normalized spacial score (nSPS) is 26.1. The molecule has 3 atom stereocenters. The number of nitrogens with two attached hydrogens (primary N) is 1. The number of sulfone groups is 1. The van der Waals surface area contributed by atoms with Crippen LogP contribution < -0.4 is 5.73 Å². The van der Waals surface area contributed by atoms with Crippen molar-refractivity contribution in [3.63, 3.8) is 0 Å². The SMILES string of the molecule is Cc1ccccc1C(C(C)N)N1CCS(=O)(=O)CC1C. The summed E-state index contributed by atoms with van der Waals surface area (Å²) in [4.78, 5) is 2.24. The molecule has 5 heteroatoms. The standard InChI is InChI=1S/C15H24N2O2S/c1-11-6-4-5-7-14(11)15(13(3)16)17-8-9-20(18,19)10-12(17)2/h4-7,12-13,15H,8-10,16H2,1-3H3. The van der Waals surface area contributed by atoms with Crippen LogP contribution in [-0.2, 0) is 9.84 Å². The second-order valence-electron chi connectivity index (χ2n) is 5.86. The average Bonchev–Trinajstić information content (AvgIpc) is 2.33. The Kier molecular flexibility index (Phi) is 4.52. The van der Waals surface area contributed by atoms with Gasteiger partial charge in [0.2, 0.25) is 0 Å². The Labute approximate surface area is 121 Å². The van der Waals surface area contributed by atoms with Gasteiger partial charge in [-0.2, -0.15) is 0 Å². The molecule has 2 rings (SSSR count). The lowest BCUT2D eigenvalue weighted by Gasteiger charge is -2.41. The molecular weight excluding hydrogens is 272 g/mol. The van der Waals surface area contributed by atoms with E-state index in [1.807, 2.05) is 26.0 Å². The molecule has 0 bridgehead atoms. The summed E-state index contributed by atoms with van der Waals surface area (Å²) in [5, 5.41) is 0. The van der Waals surface area contributed by atoms with Crippen molar-refractivity contribution in [1.82, 2.24) is 4.90 Å². The minimum atomic E-state index is -2.90. The highest BCUT2D eigenvalue weighted by molar-refractivity contribution is 7.91. The van der Waals surface area contributed by atoms with Crippen molar-refractivity contribution in [1.29, 1.82) is 0 Å². The van der Waals surface area contributed by atoms with Crippen LogP contribution in [0.5, 0.6) is 0 Å². The molecule has 1 fully saturated rings. The summed E-state index contributed by atoms with van der Waals surface area (Å²) < 4.78 is 23.5. The van der Waals surface area contributed by atoms with Crippen LogP contribution in [0.2, 0.25) is 0 Å². The maximum absolute atomic E-state index is 11.7. The summed E-state index contributed by atoms with van der Waals surface area (Å²) in [6.45, 7) is 6.61. The minimum Gasteiger partial charge on any atom is -0.326 e. The first kappa shape index (κ1) is 15.5. The second-order valence-corrected chi connectivity index (χ2v) is 8.09. The largest absolute Gasteiger partial charge is 0.326 e. The van der Waals surface area contributed by atoms with E-state index in [0.29, 0.717) is 6.54 Å². The van der Waals surface area contributed by atoms with Gasteiger partial charge in [0.05, 0.1) is 17.5 Å². The van der Waals surface area contributed by atoms with Gasteiger partial charge in [-0.1, -0.05) is 24.3 Å². The molecular formula is C15H24N2O2S. The molecule has 0 aromatic heterocycles. The number of rotatable bonds is 3. The predicted molar refractivity (Wildman–Crippen MR) is 82.4 cm³/mol. The zero-order chi connectivity index (χ0) is 14.9. The summed E-state index contributed by atoms with van der Waals surface area (Å²) in [5.74, 6) is 0.453. The molecule has 0 aliphatic carbocycles. The van der Waals surface area contributed by atoms with Gasteiger partial charge < -0.3 is 5.73 Å². The van der Waals surface area contributed by atoms with Gasteiger partial charge in [-0.3, -0.25) is 4.90 Å². The molecule has 0 spiro atoms. The molecule has 0 saturated carbocycles. The zero-order valence-corrected chi connectivity index (χ0v) is 13.2. The molecule has 1 aliphatic heterocycles. The van der Waals surface area contributed by atoms with Gasteiger partial charge in [-0.05, 0) is 31.9 Å². The van der Waals surface area contributed by atoms with Crippen molar-refractivity contribution in [2.24, 2.45) is 5.73 Å².